The topological polar surface area (TPSA) is 145 Å². The minimum absolute atomic E-state index is 0.115. The van der Waals surface area contributed by atoms with E-state index in [0.29, 0.717) is 64.2 Å². The average molecular weight is 1140 g/mol. The Morgan fingerprint density at radius 1 is 0.625 bits per heavy atom. The number of ketones is 2. The fraction of sp³-hybridized carbons (Fsp3) is 0.184. The van der Waals surface area contributed by atoms with Crippen LogP contribution in [0.15, 0.2) is 125 Å². The lowest BCUT2D eigenvalue weighted by molar-refractivity contribution is 0.0731. The van der Waals surface area contributed by atoms with E-state index in [1.54, 1.807) is 63.5 Å². The van der Waals surface area contributed by atoms with E-state index < -0.39 is 21.7 Å². The maximum absolute atomic E-state index is 13.3. The third-order valence-corrected chi connectivity index (χ3v) is 15.3. The van der Waals surface area contributed by atoms with Gasteiger partial charge in [0.15, 0.2) is 17.3 Å². The quantitative estimate of drug-likeness (QED) is 0.0777. The van der Waals surface area contributed by atoms with Crippen molar-refractivity contribution in [1.29, 1.82) is 0 Å². The summed E-state index contributed by atoms with van der Waals surface area (Å²) in [5.74, 6) is -0.112. The van der Waals surface area contributed by atoms with E-state index in [1.807, 2.05) is 43.3 Å². The molecule has 0 saturated heterocycles. The molecule has 1 aliphatic rings. The highest BCUT2D eigenvalue weighted by Crippen LogP contribution is 2.48. The molecule has 2 N–H and O–H groups in total. The van der Waals surface area contributed by atoms with Gasteiger partial charge in [-0.1, -0.05) is 44.2 Å². The van der Waals surface area contributed by atoms with Crippen molar-refractivity contribution in [2.45, 2.75) is 56.7 Å². The molecule has 1 aliphatic heterocycles. The second-order valence-corrected chi connectivity index (χ2v) is 20.8. The van der Waals surface area contributed by atoms with Crippen molar-refractivity contribution in [3.05, 3.63) is 159 Å². The molecule has 330 valence electrons. The molecule has 64 heavy (non-hydrogen) atoms. The number of benzene rings is 6. The van der Waals surface area contributed by atoms with Crippen LogP contribution in [0.1, 0.15) is 91.4 Å². The van der Waals surface area contributed by atoms with Gasteiger partial charge in [-0.2, -0.15) is 0 Å². The molecular formula is C49H42Br4N2O8S. The number of rotatable bonds is 10. The van der Waals surface area contributed by atoms with Gasteiger partial charge in [0, 0.05) is 51.7 Å². The predicted octanol–water partition coefficient (Wildman–Crippen LogP) is 13.1. The lowest BCUT2D eigenvalue weighted by Gasteiger charge is -2.28. The van der Waals surface area contributed by atoms with Gasteiger partial charge in [0.1, 0.15) is 5.75 Å². The SMILES string of the molecule is CNc1ccc2c(c1C)S(=O)(=O)c1cc(NC(=O)c3cccc(C(C)=O)c3)c(C)cc1-2.COc1c(Br)cc(C(C)(C)c2cc(Br)c(OC(=O)c3cccc(C(C)=O)c3)c(Br)c2)cc1Br. The van der Waals surface area contributed by atoms with Gasteiger partial charge in [-0.15, -0.1) is 0 Å². The van der Waals surface area contributed by atoms with Crippen molar-refractivity contribution in [2.24, 2.45) is 0 Å². The van der Waals surface area contributed by atoms with Crippen LogP contribution >= 0.6 is 63.7 Å². The van der Waals surface area contributed by atoms with E-state index in [9.17, 15) is 27.6 Å². The van der Waals surface area contributed by atoms with Crippen LogP contribution in [0.4, 0.5) is 11.4 Å². The number of amides is 1. The summed E-state index contributed by atoms with van der Waals surface area (Å²) in [6.07, 6.45) is 0. The molecule has 15 heteroatoms. The summed E-state index contributed by atoms with van der Waals surface area (Å²) in [6.45, 7) is 10.7. The molecule has 7 rings (SSSR count). The maximum Gasteiger partial charge on any atom is 0.343 e. The zero-order chi connectivity index (χ0) is 47.0. The van der Waals surface area contributed by atoms with Crippen molar-refractivity contribution in [3.8, 4) is 22.6 Å². The largest absolute Gasteiger partial charge is 0.494 e. The lowest BCUT2D eigenvalue weighted by atomic mass is 9.78. The lowest BCUT2D eigenvalue weighted by Crippen LogP contribution is -2.19. The third kappa shape index (κ3) is 9.69. The standard InChI is InChI=1S/C25H20Br4O4.C24H22N2O4S/c1-13(30)14-6-5-7-15(8-14)24(31)33-23-20(28)11-17(12-21(23)29)25(2,3)16-9-18(26)22(32-4)19(27)10-16;1-13-10-19-18-8-9-20(25-4)14(2)23(18)31(29,30)22(19)12-21(13)26-24(28)17-7-5-6-16(11-17)15(3)27/h5-12H,1-4H3;5-12,25H,1-4H3,(H,26,28). The van der Waals surface area contributed by atoms with Crippen LogP contribution in [0, 0.1) is 13.8 Å². The van der Waals surface area contributed by atoms with Gasteiger partial charge in [0.2, 0.25) is 9.84 Å². The number of nitrogens with one attached hydrogen (secondary N) is 2. The molecule has 0 unspecified atom stereocenters. The van der Waals surface area contributed by atoms with Gasteiger partial charge in [0.25, 0.3) is 5.91 Å². The number of halogens is 4. The van der Waals surface area contributed by atoms with E-state index >= 15 is 0 Å². The first-order chi connectivity index (χ1) is 30.1. The normalized spacial score (nSPS) is 12.2. The second kappa shape index (κ2) is 19.3. The van der Waals surface area contributed by atoms with E-state index in [2.05, 4.69) is 88.2 Å². The molecule has 6 aromatic rings. The molecule has 0 saturated carbocycles. The maximum atomic E-state index is 13.3. The smallest absolute Gasteiger partial charge is 0.343 e. The first kappa shape index (κ1) is 48.5. The summed E-state index contributed by atoms with van der Waals surface area (Å²) in [4.78, 5) is 49.2. The number of hydrogen-bond acceptors (Lipinski definition) is 9. The Morgan fingerprint density at radius 3 is 1.64 bits per heavy atom. The van der Waals surface area contributed by atoms with E-state index in [-0.39, 0.29) is 21.9 Å². The fourth-order valence-electron chi connectivity index (χ4n) is 7.28. The molecule has 0 spiro atoms. The molecule has 6 aromatic carbocycles. The fourth-order valence-corrected chi connectivity index (χ4v) is 12.1. The van der Waals surface area contributed by atoms with Crippen LogP contribution in [0.3, 0.4) is 0 Å². The summed E-state index contributed by atoms with van der Waals surface area (Å²) < 4.78 is 40.7. The average Bonchev–Trinajstić information content (AvgIpc) is 3.47. The second-order valence-electron chi connectivity index (χ2n) is 15.5. The summed E-state index contributed by atoms with van der Waals surface area (Å²) in [5.41, 5.74) is 7.10. The summed E-state index contributed by atoms with van der Waals surface area (Å²) >= 11 is 14.3. The van der Waals surface area contributed by atoms with Gasteiger partial charge in [-0.05, 0) is 180 Å². The van der Waals surface area contributed by atoms with Crippen LogP contribution < -0.4 is 20.1 Å². The summed E-state index contributed by atoms with van der Waals surface area (Å²) in [5, 5.41) is 5.82. The zero-order valence-electron chi connectivity index (χ0n) is 35.9. The number of esters is 1. The van der Waals surface area contributed by atoms with Gasteiger partial charge in [0.05, 0.1) is 40.4 Å². The molecule has 1 amide bonds. The molecule has 10 nitrogen and oxygen atoms in total. The number of anilines is 2. The minimum atomic E-state index is -3.72. The summed E-state index contributed by atoms with van der Waals surface area (Å²) in [6, 6.07) is 27.8. The van der Waals surface area contributed by atoms with Crippen LogP contribution in [-0.2, 0) is 15.3 Å². The van der Waals surface area contributed by atoms with Crippen LogP contribution in [0.2, 0.25) is 0 Å². The minimum Gasteiger partial charge on any atom is -0.494 e. The number of aryl methyl sites for hydroxylation is 1. The molecule has 0 aliphatic carbocycles. The molecule has 0 radical (unpaired) electrons. The van der Waals surface area contributed by atoms with Crippen LogP contribution in [0.5, 0.6) is 11.5 Å². The number of sulfone groups is 1. The van der Waals surface area contributed by atoms with Gasteiger partial charge in [-0.25, -0.2) is 13.2 Å². The molecular weight excluding hydrogens is 1100 g/mol. The number of hydrogen-bond donors (Lipinski definition) is 2. The number of carbonyl (C=O) groups is 4. The van der Waals surface area contributed by atoms with Crippen molar-refractivity contribution in [1.82, 2.24) is 0 Å². The summed E-state index contributed by atoms with van der Waals surface area (Å²) in [7, 11) is -0.344. The number of methoxy groups -OCH3 is 1. The Kier molecular flexibility index (Phi) is 14.6. The zero-order valence-corrected chi connectivity index (χ0v) is 43.1. The molecule has 0 bridgehead atoms. The van der Waals surface area contributed by atoms with E-state index in [4.69, 9.17) is 9.47 Å². The van der Waals surface area contributed by atoms with Crippen LogP contribution in [0.25, 0.3) is 11.1 Å². The van der Waals surface area contributed by atoms with E-state index in [1.165, 1.54) is 32.0 Å². The van der Waals surface area contributed by atoms with E-state index in [0.717, 1.165) is 37.1 Å². The highest BCUT2D eigenvalue weighted by molar-refractivity contribution is 9.11. The Hall–Kier alpha value is -4.93. The monoisotopic (exact) mass is 1130 g/mol. The van der Waals surface area contributed by atoms with Gasteiger partial charge >= 0.3 is 5.97 Å². The Morgan fingerprint density at radius 2 is 1.12 bits per heavy atom. The molecule has 1 heterocycles. The van der Waals surface area contributed by atoms with Crippen molar-refractivity contribution >= 4 is 108 Å². The number of carbonyl (C=O) groups excluding carboxylic acids is 4. The van der Waals surface area contributed by atoms with Gasteiger partial charge < -0.3 is 20.1 Å². The third-order valence-electron chi connectivity index (χ3n) is 11.0. The molecule has 0 fully saturated rings. The molecule has 0 atom stereocenters. The Labute approximate surface area is 406 Å². The Balaban J connectivity index is 0.000000213. The Bertz CT molecular complexity index is 2990. The van der Waals surface area contributed by atoms with Gasteiger partial charge in [-0.3, -0.25) is 14.4 Å². The number of ether oxygens (including phenoxy) is 2. The predicted molar refractivity (Wildman–Crippen MR) is 265 cm³/mol. The number of fused-ring (bicyclic) bond motifs is 3. The first-order valence-corrected chi connectivity index (χ1v) is 24.3. The highest BCUT2D eigenvalue weighted by atomic mass is 79.9. The highest BCUT2D eigenvalue weighted by Gasteiger charge is 2.36. The molecule has 0 aromatic heterocycles. The van der Waals surface area contributed by atoms with Crippen molar-refractivity contribution < 1.29 is 37.1 Å². The number of Topliss-reactive ketones (excluding diaryl/α,β-unsaturated/α-hetero) is 2. The first-order valence-electron chi connectivity index (χ1n) is 19.6. The van der Waals surface area contributed by atoms with Crippen molar-refractivity contribution in [2.75, 3.05) is 24.8 Å². The van der Waals surface area contributed by atoms with Crippen molar-refractivity contribution in [3.63, 3.8) is 0 Å². The van der Waals surface area contributed by atoms with Crippen LogP contribution in [-0.4, -0.2) is 46.0 Å².